The van der Waals surface area contributed by atoms with E-state index < -0.39 is 5.97 Å². The number of hydrogen-bond donors (Lipinski definition) is 2. The van der Waals surface area contributed by atoms with Crippen LogP contribution in [0.5, 0.6) is 0 Å². The molecular formula is C23H20ClN3O3. The fourth-order valence-electron chi connectivity index (χ4n) is 3.44. The number of nitrogens with zero attached hydrogens (tertiary/aromatic N) is 2. The van der Waals surface area contributed by atoms with Gasteiger partial charge in [-0.2, -0.15) is 0 Å². The molecule has 0 bridgehead atoms. The zero-order valence-electron chi connectivity index (χ0n) is 16.1. The van der Waals surface area contributed by atoms with E-state index in [-0.39, 0.29) is 11.8 Å². The van der Waals surface area contributed by atoms with E-state index in [2.05, 4.69) is 10.3 Å². The first-order valence-electron chi connectivity index (χ1n) is 9.56. The van der Waals surface area contributed by atoms with E-state index in [9.17, 15) is 9.59 Å². The second kappa shape index (κ2) is 8.65. The van der Waals surface area contributed by atoms with E-state index in [4.69, 9.17) is 16.7 Å². The summed E-state index contributed by atoms with van der Waals surface area (Å²) in [4.78, 5) is 30.0. The Kier molecular flexibility index (Phi) is 5.79. The van der Waals surface area contributed by atoms with Crippen molar-refractivity contribution in [2.45, 2.75) is 6.54 Å². The molecule has 0 saturated carbocycles. The number of aliphatic carboxylic acids is 1. The van der Waals surface area contributed by atoms with Crippen molar-refractivity contribution in [2.75, 3.05) is 18.4 Å². The lowest BCUT2D eigenvalue weighted by Crippen LogP contribution is -2.49. The van der Waals surface area contributed by atoms with Gasteiger partial charge in [0.05, 0.1) is 16.5 Å². The molecule has 152 valence electrons. The smallest absolute Gasteiger partial charge is 0.309 e. The summed E-state index contributed by atoms with van der Waals surface area (Å²) in [6.07, 6.45) is 1.69. The topological polar surface area (TPSA) is 82.5 Å². The fraction of sp³-hybridized carbons (Fsp3) is 0.174. The molecule has 2 aromatic carbocycles. The van der Waals surface area contributed by atoms with Gasteiger partial charge in [0.2, 0.25) is 0 Å². The maximum atomic E-state index is 12.7. The van der Waals surface area contributed by atoms with Gasteiger partial charge in [-0.05, 0) is 23.3 Å². The average Bonchev–Trinajstić information content (AvgIpc) is 2.72. The molecule has 0 atom stereocenters. The van der Waals surface area contributed by atoms with Crippen LogP contribution >= 0.6 is 11.6 Å². The Labute approximate surface area is 179 Å². The highest BCUT2D eigenvalue weighted by Crippen LogP contribution is 2.31. The summed E-state index contributed by atoms with van der Waals surface area (Å²) in [6, 6.07) is 18.6. The minimum atomic E-state index is -0.752. The molecule has 1 aliphatic heterocycles. The van der Waals surface area contributed by atoms with Crippen LogP contribution in [0.15, 0.2) is 66.9 Å². The molecule has 6 nitrogen and oxygen atoms in total. The number of aromatic nitrogens is 1. The number of carboxylic acids is 1. The molecule has 0 aliphatic carbocycles. The SMILES string of the molecule is O=C(Nc1ccc(CN2CC(C(=O)O)C2)cn1)c1cccc(-c2ccccc2)c1Cl. The van der Waals surface area contributed by atoms with Crippen LogP contribution in [0.25, 0.3) is 11.1 Å². The van der Waals surface area contributed by atoms with Crippen molar-refractivity contribution in [3.8, 4) is 11.1 Å². The van der Waals surface area contributed by atoms with Crippen molar-refractivity contribution in [1.82, 2.24) is 9.88 Å². The van der Waals surface area contributed by atoms with Gasteiger partial charge in [0, 0.05) is 31.4 Å². The van der Waals surface area contributed by atoms with Crippen molar-refractivity contribution in [3.63, 3.8) is 0 Å². The Bertz CT molecular complexity index is 1060. The number of nitrogens with one attached hydrogen (secondary N) is 1. The van der Waals surface area contributed by atoms with Gasteiger partial charge >= 0.3 is 5.97 Å². The van der Waals surface area contributed by atoms with Gasteiger partial charge in [-0.1, -0.05) is 60.1 Å². The molecule has 1 saturated heterocycles. The molecule has 3 aromatic rings. The maximum Gasteiger partial charge on any atom is 0.309 e. The second-order valence-electron chi connectivity index (χ2n) is 7.27. The highest BCUT2D eigenvalue weighted by atomic mass is 35.5. The van der Waals surface area contributed by atoms with Crippen molar-refractivity contribution < 1.29 is 14.7 Å². The molecule has 1 amide bonds. The molecular weight excluding hydrogens is 402 g/mol. The van der Waals surface area contributed by atoms with Crippen molar-refractivity contribution in [3.05, 3.63) is 83.0 Å². The monoisotopic (exact) mass is 421 g/mol. The summed E-state index contributed by atoms with van der Waals surface area (Å²) in [7, 11) is 0. The van der Waals surface area contributed by atoms with Crippen LogP contribution < -0.4 is 5.32 Å². The minimum Gasteiger partial charge on any atom is -0.481 e. The number of anilines is 1. The normalized spacial score (nSPS) is 14.2. The quantitative estimate of drug-likeness (QED) is 0.624. The van der Waals surface area contributed by atoms with E-state index in [1.165, 1.54) is 0 Å². The van der Waals surface area contributed by atoms with Crippen LogP contribution in [0.4, 0.5) is 5.82 Å². The van der Waals surface area contributed by atoms with E-state index in [0.29, 0.717) is 36.0 Å². The van der Waals surface area contributed by atoms with Crippen molar-refractivity contribution in [2.24, 2.45) is 5.92 Å². The molecule has 30 heavy (non-hydrogen) atoms. The lowest BCUT2D eigenvalue weighted by molar-refractivity contribution is -0.147. The standard InChI is InChI=1S/C23H20ClN3O3/c24-21-18(16-5-2-1-3-6-16)7-4-8-19(21)22(28)26-20-10-9-15(11-25-20)12-27-13-17(14-27)23(29)30/h1-11,17H,12-14H2,(H,29,30)(H,25,26,28). The summed E-state index contributed by atoms with van der Waals surface area (Å²) in [5.74, 6) is -0.938. The minimum absolute atomic E-state index is 0.284. The second-order valence-corrected chi connectivity index (χ2v) is 7.65. The number of carbonyl (C=O) groups excluding carboxylic acids is 1. The molecule has 1 aromatic heterocycles. The Morgan fingerprint density at radius 3 is 2.50 bits per heavy atom. The first-order chi connectivity index (χ1) is 14.5. The summed E-state index contributed by atoms with van der Waals surface area (Å²) in [6.45, 7) is 1.73. The number of likely N-dealkylation sites (tertiary alicyclic amines) is 1. The van der Waals surface area contributed by atoms with E-state index >= 15 is 0 Å². The molecule has 1 fully saturated rings. The Balaban J connectivity index is 1.41. The number of hydrogen-bond acceptors (Lipinski definition) is 4. The van der Waals surface area contributed by atoms with E-state index in [0.717, 1.165) is 16.7 Å². The Morgan fingerprint density at radius 2 is 1.83 bits per heavy atom. The van der Waals surface area contributed by atoms with Gasteiger partial charge in [0.25, 0.3) is 5.91 Å². The number of carboxylic acid groups (broad SMARTS) is 1. The molecule has 0 unspecified atom stereocenters. The first kappa shape index (κ1) is 20.1. The molecule has 2 N–H and O–H groups in total. The third-order valence-electron chi connectivity index (χ3n) is 5.11. The lowest BCUT2D eigenvalue weighted by Gasteiger charge is -2.36. The van der Waals surface area contributed by atoms with Crippen LogP contribution in [0.2, 0.25) is 5.02 Å². The third-order valence-corrected chi connectivity index (χ3v) is 5.51. The molecule has 2 heterocycles. The van der Waals surface area contributed by atoms with E-state index in [1.54, 1.807) is 24.4 Å². The lowest BCUT2D eigenvalue weighted by atomic mass is 10.00. The average molecular weight is 422 g/mol. The van der Waals surface area contributed by atoms with Gasteiger partial charge in [-0.15, -0.1) is 0 Å². The van der Waals surface area contributed by atoms with Crippen LogP contribution in [0.1, 0.15) is 15.9 Å². The van der Waals surface area contributed by atoms with Crippen LogP contribution in [-0.4, -0.2) is 40.0 Å². The number of carbonyl (C=O) groups is 2. The van der Waals surface area contributed by atoms with Gasteiger partial charge < -0.3 is 10.4 Å². The Morgan fingerprint density at radius 1 is 1.07 bits per heavy atom. The third kappa shape index (κ3) is 4.35. The highest BCUT2D eigenvalue weighted by molar-refractivity contribution is 6.37. The number of pyridine rings is 1. The summed E-state index contributed by atoms with van der Waals surface area (Å²) >= 11 is 6.51. The summed E-state index contributed by atoms with van der Waals surface area (Å²) in [5.41, 5.74) is 3.07. The van der Waals surface area contributed by atoms with E-state index in [1.807, 2.05) is 47.4 Å². The van der Waals surface area contributed by atoms with Gasteiger partial charge in [0.1, 0.15) is 5.82 Å². The van der Waals surface area contributed by atoms with Crippen LogP contribution in [0, 0.1) is 5.92 Å². The zero-order chi connectivity index (χ0) is 21.1. The number of rotatable bonds is 6. The number of halogens is 1. The Hall–Kier alpha value is -3.22. The van der Waals surface area contributed by atoms with Gasteiger partial charge in [-0.25, -0.2) is 4.98 Å². The molecule has 0 radical (unpaired) electrons. The molecule has 1 aliphatic rings. The largest absolute Gasteiger partial charge is 0.481 e. The molecule has 7 heteroatoms. The predicted octanol–water partition coefficient (Wildman–Crippen LogP) is 4.17. The predicted molar refractivity (Wildman–Crippen MR) is 115 cm³/mol. The van der Waals surface area contributed by atoms with Crippen molar-refractivity contribution >= 4 is 29.3 Å². The van der Waals surface area contributed by atoms with Gasteiger partial charge in [-0.3, -0.25) is 14.5 Å². The number of amides is 1. The highest BCUT2D eigenvalue weighted by Gasteiger charge is 2.32. The maximum absolute atomic E-state index is 12.7. The number of benzene rings is 2. The summed E-state index contributed by atoms with van der Waals surface area (Å²) in [5, 5.41) is 12.1. The molecule has 0 spiro atoms. The molecule has 4 rings (SSSR count). The first-order valence-corrected chi connectivity index (χ1v) is 9.94. The van der Waals surface area contributed by atoms with Crippen molar-refractivity contribution in [1.29, 1.82) is 0 Å². The zero-order valence-corrected chi connectivity index (χ0v) is 16.8. The van der Waals surface area contributed by atoms with Gasteiger partial charge in [0.15, 0.2) is 0 Å². The van der Waals surface area contributed by atoms with Crippen LogP contribution in [0.3, 0.4) is 0 Å². The van der Waals surface area contributed by atoms with Crippen LogP contribution in [-0.2, 0) is 11.3 Å². The fourth-order valence-corrected chi connectivity index (χ4v) is 3.76. The summed E-state index contributed by atoms with van der Waals surface area (Å²) < 4.78 is 0.